The van der Waals surface area contributed by atoms with E-state index in [1.807, 2.05) is 26.8 Å². The number of aryl methyl sites for hydroxylation is 1. The first-order valence-corrected chi connectivity index (χ1v) is 8.27. The summed E-state index contributed by atoms with van der Waals surface area (Å²) in [6.45, 7) is 7.28. The minimum absolute atomic E-state index is 0.348. The smallest absolute Gasteiger partial charge is 0.243 e. The molecule has 2 N–H and O–H groups in total. The van der Waals surface area contributed by atoms with Gasteiger partial charge in [-0.15, -0.1) is 0 Å². The fourth-order valence-corrected chi connectivity index (χ4v) is 3.74. The minimum Gasteiger partial charge on any atom is -0.326 e. The van der Waals surface area contributed by atoms with Gasteiger partial charge < -0.3 is 5.73 Å². The number of benzene rings is 1. The van der Waals surface area contributed by atoms with E-state index < -0.39 is 10.0 Å². The Morgan fingerprint density at radius 1 is 1.16 bits per heavy atom. The molecule has 1 rings (SSSR count). The Bertz CT molecular complexity index is 512. The van der Waals surface area contributed by atoms with Crippen molar-refractivity contribution in [1.29, 1.82) is 0 Å². The third-order valence-electron chi connectivity index (χ3n) is 3.24. The summed E-state index contributed by atoms with van der Waals surface area (Å²) in [6, 6.07) is 5.27. The lowest BCUT2D eigenvalue weighted by atomic mass is 10.1. The van der Waals surface area contributed by atoms with E-state index >= 15 is 0 Å². The number of hydrogen-bond donors (Lipinski definition) is 1. The number of rotatable bonds is 7. The molecule has 0 aliphatic rings. The zero-order valence-electron chi connectivity index (χ0n) is 12.0. The van der Waals surface area contributed by atoms with Gasteiger partial charge in [-0.1, -0.05) is 26.8 Å². The molecular formula is C14H24N2O2S. The summed E-state index contributed by atoms with van der Waals surface area (Å²) in [5, 5.41) is 0. The van der Waals surface area contributed by atoms with E-state index in [1.165, 1.54) is 4.31 Å². The van der Waals surface area contributed by atoms with E-state index in [0.717, 1.165) is 24.0 Å². The van der Waals surface area contributed by atoms with Crippen molar-refractivity contribution in [3.05, 3.63) is 29.3 Å². The van der Waals surface area contributed by atoms with E-state index in [-0.39, 0.29) is 0 Å². The van der Waals surface area contributed by atoms with Gasteiger partial charge in [-0.25, -0.2) is 8.42 Å². The van der Waals surface area contributed by atoms with Crippen molar-refractivity contribution >= 4 is 10.0 Å². The van der Waals surface area contributed by atoms with Gasteiger partial charge in [0.15, 0.2) is 0 Å². The van der Waals surface area contributed by atoms with Gasteiger partial charge in [0.25, 0.3) is 0 Å². The molecule has 0 unspecified atom stereocenters. The fourth-order valence-electron chi connectivity index (χ4n) is 2.14. The monoisotopic (exact) mass is 284 g/mol. The molecule has 108 valence electrons. The van der Waals surface area contributed by atoms with Crippen molar-refractivity contribution in [2.75, 3.05) is 13.1 Å². The van der Waals surface area contributed by atoms with Crippen LogP contribution in [0.25, 0.3) is 0 Å². The van der Waals surface area contributed by atoms with Crippen LogP contribution >= 0.6 is 0 Å². The van der Waals surface area contributed by atoms with Crippen molar-refractivity contribution in [2.24, 2.45) is 5.73 Å². The third kappa shape index (κ3) is 3.55. The normalized spacial score (nSPS) is 12.1. The summed E-state index contributed by atoms with van der Waals surface area (Å²) in [5.41, 5.74) is 7.72. The van der Waals surface area contributed by atoms with Crippen LogP contribution in [-0.4, -0.2) is 25.8 Å². The lowest BCUT2D eigenvalue weighted by Gasteiger charge is -2.20. The van der Waals surface area contributed by atoms with Crippen LogP contribution < -0.4 is 5.73 Å². The topological polar surface area (TPSA) is 63.4 Å². The molecule has 1 aromatic rings. The molecule has 19 heavy (non-hydrogen) atoms. The molecule has 5 heteroatoms. The molecule has 0 aromatic heterocycles. The second kappa shape index (κ2) is 7.03. The van der Waals surface area contributed by atoms with E-state index in [9.17, 15) is 8.42 Å². The summed E-state index contributed by atoms with van der Waals surface area (Å²) in [4.78, 5) is 0.348. The molecule has 0 heterocycles. The summed E-state index contributed by atoms with van der Waals surface area (Å²) >= 11 is 0. The number of nitrogens with two attached hydrogens (primary N) is 1. The van der Waals surface area contributed by atoms with Crippen molar-refractivity contribution < 1.29 is 8.42 Å². The van der Waals surface area contributed by atoms with E-state index in [4.69, 9.17) is 5.73 Å². The average Bonchev–Trinajstić information content (AvgIpc) is 2.43. The molecule has 0 saturated heterocycles. The van der Waals surface area contributed by atoms with Gasteiger partial charge in [-0.05, 0) is 36.1 Å². The second-order valence-corrected chi connectivity index (χ2v) is 6.42. The quantitative estimate of drug-likeness (QED) is 0.834. The zero-order valence-corrected chi connectivity index (χ0v) is 12.8. The van der Waals surface area contributed by atoms with Crippen LogP contribution in [0.15, 0.2) is 23.1 Å². The van der Waals surface area contributed by atoms with Gasteiger partial charge in [0, 0.05) is 19.6 Å². The van der Waals surface area contributed by atoms with E-state index in [0.29, 0.717) is 24.5 Å². The second-order valence-electron chi connectivity index (χ2n) is 4.48. The summed E-state index contributed by atoms with van der Waals surface area (Å²) < 4.78 is 26.5. The van der Waals surface area contributed by atoms with Gasteiger partial charge in [-0.2, -0.15) is 4.31 Å². The lowest BCUT2D eigenvalue weighted by molar-refractivity contribution is 0.427. The largest absolute Gasteiger partial charge is 0.326 e. The predicted molar refractivity (Wildman–Crippen MR) is 78.4 cm³/mol. The Labute approximate surface area is 116 Å². The molecular weight excluding hydrogens is 260 g/mol. The maximum absolute atomic E-state index is 12.5. The van der Waals surface area contributed by atoms with Crippen molar-refractivity contribution in [3.8, 4) is 0 Å². The van der Waals surface area contributed by atoms with E-state index in [2.05, 4.69) is 0 Å². The SMILES string of the molecule is CCCN(CC)S(=O)(=O)c1ccc(CC)c(CN)c1. The molecule has 0 atom stereocenters. The van der Waals surface area contributed by atoms with E-state index in [1.54, 1.807) is 12.1 Å². The van der Waals surface area contributed by atoms with Gasteiger partial charge in [-0.3, -0.25) is 0 Å². The Morgan fingerprint density at radius 2 is 1.84 bits per heavy atom. The van der Waals surface area contributed by atoms with Crippen LogP contribution in [0.3, 0.4) is 0 Å². The number of sulfonamides is 1. The molecule has 0 radical (unpaired) electrons. The Hall–Kier alpha value is -0.910. The van der Waals surface area contributed by atoms with Gasteiger partial charge >= 0.3 is 0 Å². The van der Waals surface area contributed by atoms with Crippen LogP contribution in [-0.2, 0) is 23.0 Å². The zero-order chi connectivity index (χ0) is 14.5. The molecule has 0 saturated carbocycles. The minimum atomic E-state index is -3.39. The molecule has 0 fully saturated rings. The van der Waals surface area contributed by atoms with Crippen LogP contribution in [0.4, 0.5) is 0 Å². The molecule has 0 spiro atoms. The first kappa shape index (κ1) is 16.1. The highest BCUT2D eigenvalue weighted by molar-refractivity contribution is 7.89. The summed E-state index contributed by atoms with van der Waals surface area (Å²) in [5.74, 6) is 0. The third-order valence-corrected chi connectivity index (χ3v) is 5.21. The standard InChI is InChI=1S/C14H24N2O2S/c1-4-9-16(6-3)19(17,18)14-8-7-12(5-2)13(10-14)11-15/h7-8,10H,4-6,9,11,15H2,1-3H3. The highest BCUT2D eigenvalue weighted by Crippen LogP contribution is 2.20. The Morgan fingerprint density at radius 3 is 2.32 bits per heavy atom. The molecule has 0 aliphatic heterocycles. The fraction of sp³-hybridized carbons (Fsp3) is 0.571. The van der Waals surface area contributed by atoms with Crippen molar-refractivity contribution in [1.82, 2.24) is 4.31 Å². The Balaban J connectivity index is 3.21. The first-order chi connectivity index (χ1) is 9.01. The van der Waals surface area contributed by atoms with Crippen molar-refractivity contribution in [3.63, 3.8) is 0 Å². The molecule has 1 aromatic carbocycles. The number of nitrogens with zero attached hydrogens (tertiary/aromatic N) is 1. The highest BCUT2D eigenvalue weighted by Gasteiger charge is 2.22. The summed E-state index contributed by atoms with van der Waals surface area (Å²) in [6.07, 6.45) is 1.67. The maximum atomic E-state index is 12.5. The summed E-state index contributed by atoms with van der Waals surface area (Å²) in [7, 11) is -3.39. The van der Waals surface area contributed by atoms with Gasteiger partial charge in [0.05, 0.1) is 4.90 Å². The molecule has 0 amide bonds. The molecule has 4 nitrogen and oxygen atoms in total. The predicted octanol–water partition coefficient (Wildman–Crippen LogP) is 2.13. The van der Waals surface area contributed by atoms with Crippen LogP contribution in [0.1, 0.15) is 38.3 Å². The molecule has 0 bridgehead atoms. The average molecular weight is 284 g/mol. The maximum Gasteiger partial charge on any atom is 0.243 e. The molecule has 0 aliphatic carbocycles. The Kier molecular flexibility index (Phi) is 5.97. The van der Waals surface area contributed by atoms with Gasteiger partial charge in [0.1, 0.15) is 0 Å². The van der Waals surface area contributed by atoms with Crippen molar-refractivity contribution in [2.45, 2.75) is 45.1 Å². The first-order valence-electron chi connectivity index (χ1n) is 6.83. The highest BCUT2D eigenvalue weighted by atomic mass is 32.2. The van der Waals surface area contributed by atoms with Crippen LogP contribution in [0.5, 0.6) is 0 Å². The number of hydrogen-bond acceptors (Lipinski definition) is 3. The van der Waals surface area contributed by atoms with Gasteiger partial charge in [0.2, 0.25) is 10.0 Å². The lowest BCUT2D eigenvalue weighted by Crippen LogP contribution is -2.31. The van der Waals surface area contributed by atoms with Crippen LogP contribution in [0.2, 0.25) is 0 Å². The van der Waals surface area contributed by atoms with Crippen LogP contribution in [0, 0.1) is 0 Å².